The molecule has 2 amide bonds. The molecule has 0 unspecified atom stereocenters. The first-order valence-corrected chi connectivity index (χ1v) is 6.18. The zero-order valence-electron chi connectivity index (χ0n) is 8.62. The number of carbonyl (C=O) groups is 1. The SMILES string of the molecule is CCOCCNC(=O)N1CCSCC1. The van der Waals surface area contributed by atoms with E-state index in [4.69, 9.17) is 4.74 Å². The van der Waals surface area contributed by atoms with Gasteiger partial charge in [0.25, 0.3) is 0 Å². The monoisotopic (exact) mass is 218 g/mol. The van der Waals surface area contributed by atoms with E-state index < -0.39 is 0 Å². The molecule has 0 aliphatic carbocycles. The number of rotatable bonds is 4. The minimum Gasteiger partial charge on any atom is -0.380 e. The Morgan fingerprint density at radius 3 is 2.86 bits per heavy atom. The zero-order valence-corrected chi connectivity index (χ0v) is 9.44. The maximum atomic E-state index is 11.5. The first kappa shape index (κ1) is 11.7. The fourth-order valence-electron chi connectivity index (χ4n) is 1.25. The Morgan fingerprint density at radius 1 is 1.50 bits per heavy atom. The Hall–Kier alpha value is -0.420. The average Bonchev–Trinajstić information content (AvgIpc) is 2.25. The molecule has 1 saturated heterocycles. The molecule has 4 nitrogen and oxygen atoms in total. The van der Waals surface area contributed by atoms with E-state index in [1.54, 1.807) is 0 Å². The smallest absolute Gasteiger partial charge is 0.317 e. The predicted molar refractivity (Wildman–Crippen MR) is 58.8 cm³/mol. The highest BCUT2D eigenvalue weighted by atomic mass is 32.2. The van der Waals surface area contributed by atoms with Crippen LogP contribution in [-0.2, 0) is 4.74 Å². The molecule has 1 aliphatic heterocycles. The molecule has 0 aromatic rings. The van der Waals surface area contributed by atoms with Crippen LogP contribution in [0.1, 0.15) is 6.92 Å². The Morgan fingerprint density at radius 2 is 2.21 bits per heavy atom. The molecule has 0 aromatic carbocycles. The van der Waals surface area contributed by atoms with Crippen LogP contribution in [0.5, 0.6) is 0 Å². The van der Waals surface area contributed by atoms with E-state index in [1.807, 2.05) is 23.6 Å². The number of carbonyl (C=O) groups excluding carboxylic acids is 1. The molecular weight excluding hydrogens is 200 g/mol. The summed E-state index contributed by atoms with van der Waals surface area (Å²) in [6.45, 7) is 5.59. The van der Waals surface area contributed by atoms with Gasteiger partial charge >= 0.3 is 6.03 Å². The number of hydrogen-bond donors (Lipinski definition) is 1. The van der Waals surface area contributed by atoms with Crippen LogP contribution in [0, 0.1) is 0 Å². The number of hydrogen-bond acceptors (Lipinski definition) is 3. The largest absolute Gasteiger partial charge is 0.380 e. The molecule has 1 heterocycles. The summed E-state index contributed by atoms with van der Waals surface area (Å²) in [7, 11) is 0. The highest BCUT2D eigenvalue weighted by Gasteiger charge is 2.15. The van der Waals surface area contributed by atoms with Gasteiger partial charge in [-0.3, -0.25) is 0 Å². The average molecular weight is 218 g/mol. The maximum absolute atomic E-state index is 11.5. The van der Waals surface area contributed by atoms with Crippen molar-refractivity contribution in [2.75, 3.05) is 44.4 Å². The van der Waals surface area contributed by atoms with Crippen molar-refractivity contribution >= 4 is 17.8 Å². The van der Waals surface area contributed by atoms with Gasteiger partial charge in [-0.15, -0.1) is 0 Å². The van der Waals surface area contributed by atoms with Crippen LogP contribution in [0.2, 0.25) is 0 Å². The van der Waals surface area contributed by atoms with E-state index in [0.29, 0.717) is 19.8 Å². The van der Waals surface area contributed by atoms with E-state index in [-0.39, 0.29) is 6.03 Å². The van der Waals surface area contributed by atoms with Crippen LogP contribution in [-0.4, -0.2) is 55.3 Å². The fraction of sp³-hybridized carbons (Fsp3) is 0.889. The second kappa shape index (κ2) is 6.95. The summed E-state index contributed by atoms with van der Waals surface area (Å²) in [6, 6.07) is 0.0463. The standard InChI is InChI=1S/C9H18N2O2S/c1-2-13-6-3-10-9(12)11-4-7-14-8-5-11/h2-8H2,1H3,(H,10,12). The van der Waals surface area contributed by atoms with Crippen molar-refractivity contribution in [3.05, 3.63) is 0 Å². The summed E-state index contributed by atoms with van der Waals surface area (Å²) in [6.07, 6.45) is 0. The third-order valence-electron chi connectivity index (χ3n) is 2.03. The second-order valence-electron chi connectivity index (χ2n) is 3.03. The summed E-state index contributed by atoms with van der Waals surface area (Å²) in [5.74, 6) is 2.11. The van der Waals surface area contributed by atoms with Gasteiger partial charge in [0.2, 0.25) is 0 Å². The third-order valence-corrected chi connectivity index (χ3v) is 2.97. The van der Waals surface area contributed by atoms with Gasteiger partial charge in [0.1, 0.15) is 0 Å². The minimum atomic E-state index is 0.0463. The number of thioether (sulfide) groups is 1. The van der Waals surface area contributed by atoms with Crippen molar-refractivity contribution in [2.24, 2.45) is 0 Å². The van der Waals surface area contributed by atoms with Crippen molar-refractivity contribution in [2.45, 2.75) is 6.92 Å². The van der Waals surface area contributed by atoms with Gasteiger partial charge in [-0.05, 0) is 6.92 Å². The molecular formula is C9H18N2O2S. The molecule has 1 fully saturated rings. The van der Waals surface area contributed by atoms with Crippen molar-refractivity contribution in [1.29, 1.82) is 0 Å². The molecule has 14 heavy (non-hydrogen) atoms. The topological polar surface area (TPSA) is 41.6 Å². The van der Waals surface area contributed by atoms with Gasteiger partial charge in [-0.1, -0.05) is 0 Å². The summed E-state index contributed by atoms with van der Waals surface area (Å²) < 4.78 is 5.13. The molecule has 0 saturated carbocycles. The summed E-state index contributed by atoms with van der Waals surface area (Å²) in [5.41, 5.74) is 0. The highest BCUT2D eigenvalue weighted by Crippen LogP contribution is 2.08. The summed E-state index contributed by atoms with van der Waals surface area (Å²) in [5, 5.41) is 2.84. The van der Waals surface area contributed by atoms with Gasteiger partial charge in [-0.25, -0.2) is 4.79 Å². The van der Waals surface area contributed by atoms with E-state index in [0.717, 1.165) is 24.6 Å². The molecule has 0 bridgehead atoms. The van der Waals surface area contributed by atoms with Gasteiger partial charge in [-0.2, -0.15) is 11.8 Å². The van der Waals surface area contributed by atoms with Gasteiger partial charge < -0.3 is 15.0 Å². The molecule has 5 heteroatoms. The van der Waals surface area contributed by atoms with Crippen molar-refractivity contribution < 1.29 is 9.53 Å². The maximum Gasteiger partial charge on any atom is 0.317 e. The van der Waals surface area contributed by atoms with E-state index >= 15 is 0 Å². The van der Waals surface area contributed by atoms with Crippen LogP contribution >= 0.6 is 11.8 Å². The fourth-order valence-corrected chi connectivity index (χ4v) is 2.16. The lowest BCUT2D eigenvalue weighted by Crippen LogP contribution is -2.45. The van der Waals surface area contributed by atoms with Crippen LogP contribution in [0.25, 0.3) is 0 Å². The van der Waals surface area contributed by atoms with Crippen LogP contribution in [0.3, 0.4) is 0 Å². The summed E-state index contributed by atoms with van der Waals surface area (Å²) >= 11 is 1.90. The Balaban J connectivity index is 2.07. The van der Waals surface area contributed by atoms with E-state index in [9.17, 15) is 4.79 Å². The molecule has 0 aromatic heterocycles. The summed E-state index contributed by atoms with van der Waals surface area (Å²) in [4.78, 5) is 13.4. The van der Waals surface area contributed by atoms with Gasteiger partial charge in [0, 0.05) is 37.7 Å². The molecule has 1 N–H and O–H groups in total. The first-order valence-electron chi connectivity index (χ1n) is 5.03. The quantitative estimate of drug-likeness (QED) is 0.709. The van der Waals surface area contributed by atoms with Crippen molar-refractivity contribution in [1.82, 2.24) is 10.2 Å². The number of nitrogens with zero attached hydrogens (tertiary/aromatic N) is 1. The van der Waals surface area contributed by atoms with Crippen LogP contribution < -0.4 is 5.32 Å². The Labute approximate surface area is 89.4 Å². The highest BCUT2D eigenvalue weighted by molar-refractivity contribution is 7.99. The predicted octanol–water partition coefficient (Wildman–Crippen LogP) is 0.781. The number of urea groups is 1. The third kappa shape index (κ3) is 4.19. The van der Waals surface area contributed by atoms with Crippen molar-refractivity contribution in [3.8, 4) is 0 Å². The number of nitrogens with one attached hydrogen (secondary N) is 1. The molecule has 0 atom stereocenters. The molecule has 0 spiro atoms. The van der Waals surface area contributed by atoms with Gasteiger partial charge in [0.05, 0.1) is 6.61 Å². The number of amides is 2. The van der Waals surface area contributed by atoms with E-state index in [2.05, 4.69) is 5.32 Å². The zero-order chi connectivity index (χ0) is 10.2. The normalized spacial score (nSPS) is 16.8. The van der Waals surface area contributed by atoms with Crippen molar-refractivity contribution in [3.63, 3.8) is 0 Å². The first-order chi connectivity index (χ1) is 6.84. The molecule has 82 valence electrons. The molecule has 1 aliphatic rings. The lowest BCUT2D eigenvalue weighted by Gasteiger charge is -2.26. The second-order valence-corrected chi connectivity index (χ2v) is 4.25. The minimum absolute atomic E-state index is 0.0463. The Bertz CT molecular complexity index is 172. The van der Waals surface area contributed by atoms with E-state index in [1.165, 1.54) is 0 Å². The van der Waals surface area contributed by atoms with Crippen LogP contribution in [0.4, 0.5) is 4.79 Å². The van der Waals surface area contributed by atoms with Crippen LogP contribution in [0.15, 0.2) is 0 Å². The van der Waals surface area contributed by atoms with Gasteiger partial charge in [0.15, 0.2) is 0 Å². The number of ether oxygens (including phenoxy) is 1. The Kier molecular flexibility index (Phi) is 5.78. The lowest BCUT2D eigenvalue weighted by atomic mass is 10.5. The lowest BCUT2D eigenvalue weighted by molar-refractivity contribution is 0.146. The molecule has 0 radical (unpaired) electrons. The molecule has 1 rings (SSSR count).